The zero-order valence-corrected chi connectivity index (χ0v) is 12.7. The van der Waals surface area contributed by atoms with E-state index < -0.39 is 0 Å². The predicted octanol–water partition coefficient (Wildman–Crippen LogP) is 0.946. The van der Waals surface area contributed by atoms with Crippen LogP contribution >= 0.6 is 0 Å². The van der Waals surface area contributed by atoms with Crippen molar-refractivity contribution in [2.45, 2.75) is 19.3 Å². The fourth-order valence-electron chi connectivity index (χ4n) is 1.82. The fourth-order valence-corrected chi connectivity index (χ4v) is 1.82. The summed E-state index contributed by atoms with van der Waals surface area (Å²) in [6, 6.07) is 4.39. The second-order valence-electron chi connectivity index (χ2n) is 4.97. The van der Waals surface area contributed by atoms with Crippen molar-refractivity contribution in [2.75, 3.05) is 26.2 Å². The molecule has 6 N–H and O–H groups in total. The molecule has 0 fully saturated rings. The summed E-state index contributed by atoms with van der Waals surface area (Å²) in [6.07, 6.45) is 5.95. The minimum atomic E-state index is -0.205. The molecule has 0 atom stereocenters. The number of benzene rings is 1. The molecule has 0 aliphatic rings. The summed E-state index contributed by atoms with van der Waals surface area (Å²) in [5.74, 6) is -0.570. The summed E-state index contributed by atoms with van der Waals surface area (Å²) >= 11 is 0. The third-order valence-electron chi connectivity index (χ3n) is 3.06. The van der Waals surface area contributed by atoms with Crippen molar-refractivity contribution in [3.63, 3.8) is 0 Å². The number of phenols is 2. The Hall–Kier alpha value is -2.05. The molecule has 0 bridgehead atoms. The molecule has 0 saturated heterocycles. The van der Waals surface area contributed by atoms with Gasteiger partial charge in [0.05, 0.1) is 0 Å². The maximum Gasteiger partial charge on any atom is 0.243 e. The van der Waals surface area contributed by atoms with Gasteiger partial charge in [-0.05, 0) is 62.7 Å². The van der Waals surface area contributed by atoms with Crippen LogP contribution in [0.3, 0.4) is 0 Å². The van der Waals surface area contributed by atoms with Gasteiger partial charge in [-0.1, -0.05) is 6.07 Å². The first-order valence-corrected chi connectivity index (χ1v) is 7.52. The molecule has 0 unspecified atom stereocenters. The number of aromatic hydroxyl groups is 2. The van der Waals surface area contributed by atoms with Gasteiger partial charge in [0.1, 0.15) is 0 Å². The summed E-state index contributed by atoms with van der Waals surface area (Å²) in [4.78, 5) is 11.6. The zero-order valence-electron chi connectivity index (χ0n) is 12.7. The lowest BCUT2D eigenvalue weighted by Gasteiger charge is -2.05. The number of carbonyl (C=O) groups is 1. The van der Waals surface area contributed by atoms with E-state index in [1.165, 1.54) is 18.2 Å². The van der Waals surface area contributed by atoms with Gasteiger partial charge in [-0.25, -0.2) is 0 Å². The van der Waals surface area contributed by atoms with Gasteiger partial charge in [-0.15, -0.1) is 0 Å². The van der Waals surface area contributed by atoms with Crippen molar-refractivity contribution in [3.8, 4) is 11.5 Å². The van der Waals surface area contributed by atoms with E-state index in [9.17, 15) is 15.0 Å². The molecule has 122 valence electrons. The quantitative estimate of drug-likeness (QED) is 0.251. The molecule has 1 amide bonds. The van der Waals surface area contributed by atoms with Crippen molar-refractivity contribution in [3.05, 3.63) is 29.8 Å². The fraction of sp³-hybridized carbons (Fsp3) is 0.438. The van der Waals surface area contributed by atoms with E-state index in [0.29, 0.717) is 12.1 Å². The molecular formula is C16H25N3O3. The van der Waals surface area contributed by atoms with Crippen molar-refractivity contribution in [1.82, 2.24) is 10.6 Å². The third kappa shape index (κ3) is 7.66. The van der Waals surface area contributed by atoms with Crippen LogP contribution in [0.25, 0.3) is 6.08 Å². The van der Waals surface area contributed by atoms with E-state index in [-0.39, 0.29) is 17.4 Å². The summed E-state index contributed by atoms with van der Waals surface area (Å²) in [5.41, 5.74) is 6.05. The minimum Gasteiger partial charge on any atom is -0.504 e. The van der Waals surface area contributed by atoms with Crippen LogP contribution < -0.4 is 16.4 Å². The predicted molar refractivity (Wildman–Crippen MR) is 87.6 cm³/mol. The van der Waals surface area contributed by atoms with Gasteiger partial charge in [0.25, 0.3) is 0 Å². The zero-order chi connectivity index (χ0) is 16.2. The van der Waals surface area contributed by atoms with Crippen LogP contribution in [0.4, 0.5) is 0 Å². The molecule has 6 nitrogen and oxygen atoms in total. The Balaban J connectivity index is 2.15. The second-order valence-corrected chi connectivity index (χ2v) is 4.97. The maximum absolute atomic E-state index is 11.6. The molecule has 22 heavy (non-hydrogen) atoms. The van der Waals surface area contributed by atoms with E-state index in [1.807, 2.05) is 0 Å². The molecule has 1 aromatic carbocycles. The molecule has 0 heterocycles. The van der Waals surface area contributed by atoms with Gasteiger partial charge < -0.3 is 26.6 Å². The lowest BCUT2D eigenvalue weighted by Crippen LogP contribution is -2.26. The minimum absolute atomic E-state index is 0.180. The monoisotopic (exact) mass is 307 g/mol. The Bertz CT molecular complexity index is 490. The summed E-state index contributed by atoms with van der Waals surface area (Å²) in [5, 5.41) is 24.6. The highest BCUT2D eigenvalue weighted by Gasteiger charge is 1.99. The average Bonchev–Trinajstić information content (AvgIpc) is 2.51. The van der Waals surface area contributed by atoms with Crippen LogP contribution in [0.1, 0.15) is 24.8 Å². The molecule has 1 aromatic rings. The van der Waals surface area contributed by atoms with Crippen LogP contribution in [-0.2, 0) is 4.79 Å². The SMILES string of the molecule is NCCCCNCCCNC(=O)/C=C/c1ccc(O)c(O)c1. The Morgan fingerprint density at radius 3 is 2.59 bits per heavy atom. The normalized spacial score (nSPS) is 11.0. The largest absolute Gasteiger partial charge is 0.504 e. The van der Waals surface area contributed by atoms with E-state index in [0.717, 1.165) is 38.9 Å². The van der Waals surface area contributed by atoms with Crippen LogP contribution in [0.5, 0.6) is 11.5 Å². The van der Waals surface area contributed by atoms with Crippen LogP contribution in [0, 0.1) is 0 Å². The van der Waals surface area contributed by atoms with E-state index in [4.69, 9.17) is 5.73 Å². The first-order valence-electron chi connectivity index (χ1n) is 7.52. The molecule has 0 aliphatic carbocycles. The summed E-state index contributed by atoms with van der Waals surface area (Å²) in [7, 11) is 0. The standard InChI is InChI=1S/C16H25N3O3/c17-8-1-2-9-18-10-3-11-19-16(22)7-5-13-4-6-14(20)15(21)12-13/h4-7,12,18,20-21H,1-3,8-11,17H2,(H,19,22)/b7-5+. The van der Waals surface area contributed by atoms with Crippen LogP contribution in [0.15, 0.2) is 24.3 Å². The first-order chi connectivity index (χ1) is 10.6. The third-order valence-corrected chi connectivity index (χ3v) is 3.06. The van der Waals surface area contributed by atoms with E-state index in [1.54, 1.807) is 12.1 Å². The molecule has 0 radical (unpaired) electrons. The highest BCUT2D eigenvalue weighted by molar-refractivity contribution is 5.91. The van der Waals surface area contributed by atoms with Gasteiger partial charge in [0.2, 0.25) is 5.91 Å². The number of nitrogens with one attached hydrogen (secondary N) is 2. The van der Waals surface area contributed by atoms with Crippen molar-refractivity contribution in [2.24, 2.45) is 5.73 Å². The highest BCUT2D eigenvalue weighted by atomic mass is 16.3. The first kappa shape index (κ1) is 18.0. The summed E-state index contributed by atoms with van der Waals surface area (Å²) in [6.45, 7) is 3.15. The number of carbonyl (C=O) groups excluding carboxylic acids is 1. The summed E-state index contributed by atoms with van der Waals surface area (Å²) < 4.78 is 0. The number of nitrogens with two attached hydrogens (primary N) is 1. The molecule has 0 aromatic heterocycles. The average molecular weight is 307 g/mol. The Labute approximate surface area is 131 Å². The van der Waals surface area contributed by atoms with Crippen molar-refractivity contribution < 1.29 is 15.0 Å². The number of hydrogen-bond donors (Lipinski definition) is 5. The lowest BCUT2D eigenvalue weighted by atomic mass is 10.2. The van der Waals surface area contributed by atoms with Crippen LogP contribution in [0.2, 0.25) is 0 Å². The Morgan fingerprint density at radius 2 is 1.86 bits per heavy atom. The number of hydrogen-bond acceptors (Lipinski definition) is 5. The maximum atomic E-state index is 11.6. The number of rotatable bonds is 10. The Kier molecular flexibility index (Phi) is 8.71. The second kappa shape index (κ2) is 10.6. The van der Waals surface area contributed by atoms with Gasteiger partial charge in [0, 0.05) is 12.6 Å². The van der Waals surface area contributed by atoms with Gasteiger partial charge in [-0.2, -0.15) is 0 Å². The molecule has 1 rings (SSSR count). The van der Waals surface area contributed by atoms with Crippen LogP contribution in [-0.4, -0.2) is 42.3 Å². The van der Waals surface area contributed by atoms with E-state index in [2.05, 4.69) is 10.6 Å². The number of phenolic OH excluding ortho intramolecular Hbond substituents is 2. The molecule has 0 spiro atoms. The lowest BCUT2D eigenvalue weighted by molar-refractivity contribution is -0.116. The smallest absolute Gasteiger partial charge is 0.243 e. The topological polar surface area (TPSA) is 108 Å². The number of amides is 1. The Morgan fingerprint density at radius 1 is 1.09 bits per heavy atom. The van der Waals surface area contributed by atoms with Gasteiger partial charge in [0.15, 0.2) is 11.5 Å². The van der Waals surface area contributed by atoms with Crippen molar-refractivity contribution in [1.29, 1.82) is 0 Å². The molecular weight excluding hydrogens is 282 g/mol. The molecule has 0 saturated carbocycles. The van der Waals surface area contributed by atoms with Gasteiger partial charge >= 0.3 is 0 Å². The number of unbranched alkanes of at least 4 members (excludes halogenated alkanes) is 1. The van der Waals surface area contributed by atoms with E-state index >= 15 is 0 Å². The molecule has 6 heteroatoms. The van der Waals surface area contributed by atoms with Gasteiger partial charge in [-0.3, -0.25) is 4.79 Å². The van der Waals surface area contributed by atoms with Crippen molar-refractivity contribution >= 4 is 12.0 Å². The molecule has 0 aliphatic heterocycles. The highest BCUT2D eigenvalue weighted by Crippen LogP contribution is 2.25.